The summed E-state index contributed by atoms with van der Waals surface area (Å²) in [7, 11) is 2.13. The fraction of sp³-hybridized carbons (Fsp3) is 0.733. The van der Waals surface area contributed by atoms with Crippen LogP contribution in [0.25, 0.3) is 0 Å². The molecule has 0 radical (unpaired) electrons. The Morgan fingerprint density at radius 2 is 2.14 bits per heavy atom. The molecule has 0 bridgehead atoms. The molecule has 0 spiro atoms. The fourth-order valence-electron chi connectivity index (χ4n) is 2.49. The third-order valence-electron chi connectivity index (χ3n) is 4.00. The van der Waals surface area contributed by atoms with Crippen LogP contribution in [0.1, 0.15) is 24.0 Å². The van der Waals surface area contributed by atoms with E-state index in [1.54, 1.807) is 11.3 Å². The van der Waals surface area contributed by atoms with Crippen LogP contribution >= 0.6 is 11.3 Å². The zero-order valence-electron chi connectivity index (χ0n) is 13.3. The second kappa shape index (κ2) is 7.87. The van der Waals surface area contributed by atoms with Crippen molar-refractivity contribution in [3.05, 3.63) is 16.1 Å². The molecule has 0 aromatic carbocycles. The van der Waals surface area contributed by atoms with Gasteiger partial charge in [0.15, 0.2) is 0 Å². The molecule has 6 heteroatoms. The van der Waals surface area contributed by atoms with Gasteiger partial charge in [-0.1, -0.05) is 0 Å². The van der Waals surface area contributed by atoms with E-state index >= 15 is 0 Å². The molecule has 0 saturated carbocycles. The molecule has 1 aromatic heterocycles. The molecule has 1 N–H and O–H groups in total. The lowest BCUT2D eigenvalue weighted by atomic mass is 10.2. The van der Waals surface area contributed by atoms with E-state index in [4.69, 9.17) is 0 Å². The summed E-state index contributed by atoms with van der Waals surface area (Å²) in [6, 6.07) is -0.0270. The Morgan fingerprint density at radius 3 is 2.76 bits per heavy atom. The zero-order valence-corrected chi connectivity index (χ0v) is 14.1. The third-order valence-corrected chi connectivity index (χ3v) is 5.02. The van der Waals surface area contributed by atoms with Gasteiger partial charge in [0, 0.05) is 50.2 Å². The number of hydrogen-bond acceptors (Lipinski definition) is 5. The Kier molecular flexibility index (Phi) is 6.14. The summed E-state index contributed by atoms with van der Waals surface area (Å²) in [5.74, 6) is 0.148. The van der Waals surface area contributed by atoms with Gasteiger partial charge in [-0.25, -0.2) is 4.98 Å². The van der Waals surface area contributed by atoms with Crippen molar-refractivity contribution in [2.45, 2.75) is 32.7 Å². The van der Waals surface area contributed by atoms with Gasteiger partial charge < -0.3 is 10.2 Å². The molecule has 0 aliphatic carbocycles. The highest BCUT2D eigenvalue weighted by atomic mass is 32.1. The normalized spacial score (nSPS) is 18.6. The van der Waals surface area contributed by atoms with Gasteiger partial charge in [-0.15, -0.1) is 11.3 Å². The average Bonchev–Trinajstić information content (AvgIpc) is 2.89. The highest BCUT2D eigenvalue weighted by Gasteiger charge is 2.23. The number of piperazine rings is 1. The minimum Gasteiger partial charge on any atom is -0.355 e. The monoisotopic (exact) mass is 310 g/mol. The molecule has 118 valence electrons. The van der Waals surface area contributed by atoms with E-state index < -0.39 is 0 Å². The molecule has 5 nitrogen and oxygen atoms in total. The van der Waals surface area contributed by atoms with E-state index in [9.17, 15) is 4.79 Å². The van der Waals surface area contributed by atoms with Crippen LogP contribution in [0.3, 0.4) is 0 Å². The van der Waals surface area contributed by atoms with Crippen molar-refractivity contribution in [1.82, 2.24) is 20.1 Å². The number of nitrogens with one attached hydrogen (secondary N) is 1. The predicted octanol–water partition coefficient (Wildman–Crippen LogP) is 1.14. The molecule has 1 aliphatic heterocycles. The van der Waals surface area contributed by atoms with E-state index in [1.807, 2.05) is 13.8 Å². The van der Waals surface area contributed by atoms with Gasteiger partial charge in [-0.05, 0) is 27.3 Å². The molecule has 1 fully saturated rings. The van der Waals surface area contributed by atoms with Crippen LogP contribution in [0.2, 0.25) is 0 Å². The highest BCUT2D eigenvalue weighted by molar-refractivity contribution is 7.09. The third kappa shape index (κ3) is 5.05. The summed E-state index contributed by atoms with van der Waals surface area (Å²) >= 11 is 1.70. The van der Waals surface area contributed by atoms with Crippen molar-refractivity contribution in [2.75, 3.05) is 39.8 Å². The minimum absolute atomic E-state index is 0.0270. The van der Waals surface area contributed by atoms with Gasteiger partial charge in [0.2, 0.25) is 5.91 Å². The Balaban J connectivity index is 1.64. The number of rotatable bonds is 6. The Labute approximate surface area is 131 Å². The Hall–Kier alpha value is -0.980. The number of likely N-dealkylation sites (N-methyl/N-ethyl adjacent to an activating group) is 1. The number of aromatic nitrogens is 1. The second-order valence-corrected chi connectivity index (χ2v) is 6.74. The van der Waals surface area contributed by atoms with E-state index in [2.05, 4.69) is 32.5 Å². The standard InChI is InChI=1S/C15H26N4OS/c1-12-11-21-14(17-12)5-4-6-16-15(20)13(2)19-9-7-18(3)8-10-19/h11,13H,4-10H2,1-3H3,(H,16,20)/t13-/m0/s1. The molecule has 0 unspecified atom stereocenters. The van der Waals surface area contributed by atoms with Crippen LogP contribution in [0.15, 0.2) is 5.38 Å². The van der Waals surface area contributed by atoms with Crippen LogP contribution in [0.5, 0.6) is 0 Å². The van der Waals surface area contributed by atoms with Crippen LogP contribution in [0.4, 0.5) is 0 Å². The first kappa shape index (κ1) is 16.4. The number of carbonyl (C=O) groups is 1. The number of aryl methyl sites for hydroxylation is 2. The summed E-state index contributed by atoms with van der Waals surface area (Å²) in [6.45, 7) is 8.79. The average molecular weight is 310 g/mol. The van der Waals surface area contributed by atoms with E-state index in [0.29, 0.717) is 0 Å². The Morgan fingerprint density at radius 1 is 1.43 bits per heavy atom. The molecule has 2 heterocycles. The van der Waals surface area contributed by atoms with Gasteiger partial charge >= 0.3 is 0 Å². The molecular weight excluding hydrogens is 284 g/mol. The topological polar surface area (TPSA) is 48.5 Å². The van der Waals surface area contributed by atoms with Crippen LogP contribution in [0, 0.1) is 6.92 Å². The van der Waals surface area contributed by atoms with Crippen molar-refractivity contribution in [2.24, 2.45) is 0 Å². The Bertz CT molecular complexity index is 454. The second-order valence-electron chi connectivity index (χ2n) is 5.79. The SMILES string of the molecule is Cc1csc(CCCNC(=O)[C@H](C)N2CCN(C)CC2)n1. The maximum atomic E-state index is 12.2. The summed E-state index contributed by atoms with van der Waals surface area (Å²) in [5, 5.41) is 6.28. The molecule has 1 atom stereocenters. The quantitative estimate of drug-likeness (QED) is 0.801. The molecule has 1 aromatic rings. The van der Waals surface area contributed by atoms with E-state index in [0.717, 1.165) is 56.3 Å². The number of thiazole rings is 1. The number of amides is 1. The first-order chi connectivity index (χ1) is 10.1. The van der Waals surface area contributed by atoms with Crippen molar-refractivity contribution in [3.63, 3.8) is 0 Å². The van der Waals surface area contributed by atoms with Gasteiger partial charge in [0.05, 0.1) is 11.0 Å². The molecular formula is C15H26N4OS. The number of hydrogen-bond donors (Lipinski definition) is 1. The van der Waals surface area contributed by atoms with Gasteiger partial charge in [0.25, 0.3) is 0 Å². The number of carbonyl (C=O) groups excluding carboxylic acids is 1. The molecule has 1 amide bonds. The van der Waals surface area contributed by atoms with Crippen molar-refractivity contribution < 1.29 is 4.79 Å². The lowest BCUT2D eigenvalue weighted by molar-refractivity contribution is -0.126. The van der Waals surface area contributed by atoms with Crippen molar-refractivity contribution >= 4 is 17.2 Å². The number of nitrogens with zero attached hydrogens (tertiary/aromatic N) is 3. The molecule has 1 saturated heterocycles. The van der Waals surface area contributed by atoms with Gasteiger partial charge in [-0.2, -0.15) is 0 Å². The first-order valence-electron chi connectivity index (χ1n) is 7.67. The lowest BCUT2D eigenvalue weighted by Gasteiger charge is -2.35. The summed E-state index contributed by atoms with van der Waals surface area (Å²) in [6.07, 6.45) is 1.90. The van der Waals surface area contributed by atoms with Gasteiger partial charge in [0.1, 0.15) is 0 Å². The van der Waals surface area contributed by atoms with Crippen LogP contribution in [-0.2, 0) is 11.2 Å². The summed E-state index contributed by atoms with van der Waals surface area (Å²) in [4.78, 5) is 21.2. The summed E-state index contributed by atoms with van der Waals surface area (Å²) < 4.78 is 0. The first-order valence-corrected chi connectivity index (χ1v) is 8.55. The van der Waals surface area contributed by atoms with Crippen molar-refractivity contribution in [3.8, 4) is 0 Å². The minimum atomic E-state index is -0.0270. The van der Waals surface area contributed by atoms with Gasteiger partial charge in [-0.3, -0.25) is 9.69 Å². The fourth-order valence-corrected chi connectivity index (χ4v) is 3.31. The smallest absolute Gasteiger partial charge is 0.237 e. The van der Waals surface area contributed by atoms with E-state index in [1.165, 1.54) is 0 Å². The largest absolute Gasteiger partial charge is 0.355 e. The van der Waals surface area contributed by atoms with Crippen LogP contribution in [-0.4, -0.2) is 66.5 Å². The molecule has 21 heavy (non-hydrogen) atoms. The highest BCUT2D eigenvalue weighted by Crippen LogP contribution is 2.10. The van der Waals surface area contributed by atoms with Crippen LogP contribution < -0.4 is 5.32 Å². The molecule has 1 aliphatic rings. The zero-order chi connectivity index (χ0) is 15.2. The molecule has 2 rings (SSSR count). The van der Waals surface area contributed by atoms with E-state index in [-0.39, 0.29) is 11.9 Å². The maximum absolute atomic E-state index is 12.2. The summed E-state index contributed by atoms with van der Waals surface area (Å²) in [5.41, 5.74) is 1.09. The lowest BCUT2D eigenvalue weighted by Crippen LogP contribution is -2.53. The predicted molar refractivity (Wildman–Crippen MR) is 86.7 cm³/mol. The maximum Gasteiger partial charge on any atom is 0.237 e. The van der Waals surface area contributed by atoms with Crippen molar-refractivity contribution in [1.29, 1.82) is 0 Å².